The Balaban J connectivity index is 2.19. The maximum atomic E-state index is 8.73. The van der Waals surface area contributed by atoms with E-state index in [-0.39, 0.29) is 0 Å². The van der Waals surface area contributed by atoms with E-state index in [9.17, 15) is 0 Å². The van der Waals surface area contributed by atoms with Gasteiger partial charge in [-0.05, 0) is 38.1 Å². The second kappa shape index (κ2) is 7.15. The summed E-state index contributed by atoms with van der Waals surface area (Å²) in [6, 6.07) is 11.1. The highest BCUT2D eigenvalue weighted by atomic mass is 16.5. The minimum absolute atomic E-state index is 0.391. The number of hydrogen-bond acceptors (Lipinski definition) is 5. The molecule has 0 aliphatic rings. The number of nitrogens with zero attached hydrogens (tertiary/aromatic N) is 2. The van der Waals surface area contributed by atoms with Crippen LogP contribution < -0.4 is 14.8 Å². The first-order valence-electron chi connectivity index (χ1n) is 6.79. The lowest BCUT2D eigenvalue weighted by Gasteiger charge is -2.13. The van der Waals surface area contributed by atoms with E-state index >= 15 is 0 Å². The molecule has 0 fully saturated rings. The first-order valence-corrected chi connectivity index (χ1v) is 6.79. The van der Waals surface area contributed by atoms with Gasteiger partial charge in [-0.3, -0.25) is 0 Å². The fourth-order valence-corrected chi connectivity index (χ4v) is 1.83. The average Bonchev–Trinajstić information content (AvgIpc) is 2.51. The molecule has 1 aromatic carbocycles. The van der Waals surface area contributed by atoms with Crippen LogP contribution in [0.3, 0.4) is 0 Å². The highest BCUT2D eigenvalue weighted by Gasteiger charge is 2.06. The number of anilines is 2. The summed E-state index contributed by atoms with van der Waals surface area (Å²) in [5.41, 5.74) is 2.07. The summed E-state index contributed by atoms with van der Waals surface area (Å²) in [6.07, 6.45) is 1.62. The van der Waals surface area contributed by atoms with E-state index in [0.29, 0.717) is 24.7 Å². The van der Waals surface area contributed by atoms with Crippen LogP contribution in [0.15, 0.2) is 36.5 Å². The van der Waals surface area contributed by atoms with Crippen molar-refractivity contribution in [1.82, 2.24) is 4.98 Å². The Kier molecular flexibility index (Phi) is 4.99. The van der Waals surface area contributed by atoms with Gasteiger partial charge in [-0.25, -0.2) is 4.98 Å². The van der Waals surface area contributed by atoms with E-state index in [1.807, 2.05) is 44.2 Å². The molecule has 0 bridgehead atoms. The van der Waals surface area contributed by atoms with Gasteiger partial charge >= 0.3 is 0 Å². The van der Waals surface area contributed by atoms with Gasteiger partial charge in [-0.1, -0.05) is 0 Å². The van der Waals surface area contributed by atoms with Crippen LogP contribution in [-0.2, 0) is 0 Å². The van der Waals surface area contributed by atoms with E-state index in [1.165, 1.54) is 0 Å². The Morgan fingerprint density at radius 1 is 1.05 bits per heavy atom. The lowest BCUT2D eigenvalue weighted by atomic mass is 10.2. The van der Waals surface area contributed by atoms with Gasteiger partial charge < -0.3 is 14.8 Å². The Labute approximate surface area is 124 Å². The molecular weight excluding hydrogens is 266 g/mol. The number of nitrogens with one attached hydrogen (secondary N) is 1. The SMILES string of the molecule is CCOc1ccc(Nc2ccc(C#N)nc2)cc1OCC. The van der Waals surface area contributed by atoms with Crippen molar-refractivity contribution >= 4 is 11.4 Å². The van der Waals surface area contributed by atoms with E-state index in [0.717, 1.165) is 17.1 Å². The molecule has 0 saturated carbocycles. The monoisotopic (exact) mass is 283 g/mol. The molecule has 1 heterocycles. The van der Waals surface area contributed by atoms with Gasteiger partial charge in [-0.2, -0.15) is 5.26 Å². The van der Waals surface area contributed by atoms with Crippen molar-refractivity contribution in [2.24, 2.45) is 0 Å². The second-order valence-electron chi connectivity index (χ2n) is 4.20. The summed E-state index contributed by atoms with van der Waals surface area (Å²) in [5.74, 6) is 1.42. The fraction of sp³-hybridized carbons (Fsp3) is 0.250. The van der Waals surface area contributed by atoms with Crippen LogP contribution >= 0.6 is 0 Å². The van der Waals surface area contributed by atoms with E-state index in [2.05, 4.69) is 10.3 Å². The highest BCUT2D eigenvalue weighted by Crippen LogP contribution is 2.31. The van der Waals surface area contributed by atoms with Gasteiger partial charge in [0.05, 0.1) is 25.1 Å². The van der Waals surface area contributed by atoms with Gasteiger partial charge in [0, 0.05) is 11.8 Å². The molecule has 0 saturated heterocycles. The molecule has 108 valence electrons. The zero-order valence-electron chi connectivity index (χ0n) is 12.1. The molecule has 2 aromatic rings. The minimum atomic E-state index is 0.391. The first-order chi connectivity index (χ1) is 10.3. The molecular formula is C16H17N3O2. The Morgan fingerprint density at radius 3 is 2.38 bits per heavy atom. The minimum Gasteiger partial charge on any atom is -0.490 e. The van der Waals surface area contributed by atoms with Gasteiger partial charge in [0.1, 0.15) is 11.8 Å². The number of hydrogen-bond donors (Lipinski definition) is 1. The zero-order valence-corrected chi connectivity index (χ0v) is 12.1. The lowest BCUT2D eigenvalue weighted by Crippen LogP contribution is -1.99. The first kappa shape index (κ1) is 14.7. The zero-order chi connectivity index (χ0) is 15.1. The third-order valence-electron chi connectivity index (χ3n) is 2.71. The molecule has 5 nitrogen and oxygen atoms in total. The predicted octanol–water partition coefficient (Wildman–Crippen LogP) is 3.49. The molecule has 0 aliphatic carbocycles. The quantitative estimate of drug-likeness (QED) is 0.879. The molecule has 0 aliphatic heterocycles. The summed E-state index contributed by atoms with van der Waals surface area (Å²) < 4.78 is 11.1. The Bertz CT molecular complexity index is 633. The van der Waals surface area contributed by atoms with Gasteiger partial charge in [0.25, 0.3) is 0 Å². The third-order valence-corrected chi connectivity index (χ3v) is 2.71. The normalized spacial score (nSPS) is 9.76. The van der Waals surface area contributed by atoms with Crippen molar-refractivity contribution < 1.29 is 9.47 Å². The lowest BCUT2D eigenvalue weighted by molar-refractivity contribution is 0.288. The van der Waals surface area contributed by atoms with Crippen LogP contribution in [-0.4, -0.2) is 18.2 Å². The fourth-order valence-electron chi connectivity index (χ4n) is 1.83. The van der Waals surface area contributed by atoms with E-state index in [4.69, 9.17) is 14.7 Å². The van der Waals surface area contributed by atoms with E-state index < -0.39 is 0 Å². The summed E-state index contributed by atoms with van der Waals surface area (Å²) in [5, 5.41) is 11.9. The van der Waals surface area contributed by atoms with Crippen LogP contribution in [0.2, 0.25) is 0 Å². The van der Waals surface area contributed by atoms with Gasteiger partial charge in [0.15, 0.2) is 11.5 Å². The number of benzene rings is 1. The Hall–Kier alpha value is -2.74. The van der Waals surface area contributed by atoms with Crippen LogP contribution in [0.5, 0.6) is 11.5 Å². The van der Waals surface area contributed by atoms with Gasteiger partial charge in [-0.15, -0.1) is 0 Å². The molecule has 0 amide bonds. The maximum Gasteiger partial charge on any atom is 0.163 e. The summed E-state index contributed by atoms with van der Waals surface area (Å²) in [4.78, 5) is 4.02. The number of pyridine rings is 1. The summed E-state index contributed by atoms with van der Waals surface area (Å²) in [7, 11) is 0. The van der Waals surface area contributed by atoms with Crippen molar-refractivity contribution in [3.63, 3.8) is 0 Å². The topological polar surface area (TPSA) is 67.2 Å². The van der Waals surface area contributed by atoms with Gasteiger partial charge in [0.2, 0.25) is 0 Å². The molecule has 0 radical (unpaired) electrons. The largest absolute Gasteiger partial charge is 0.490 e. The number of ether oxygens (including phenoxy) is 2. The van der Waals surface area contributed by atoms with Crippen molar-refractivity contribution in [1.29, 1.82) is 5.26 Å². The number of nitriles is 1. The smallest absolute Gasteiger partial charge is 0.163 e. The summed E-state index contributed by atoms with van der Waals surface area (Å²) >= 11 is 0. The van der Waals surface area contributed by atoms with Crippen molar-refractivity contribution in [2.45, 2.75) is 13.8 Å². The summed E-state index contributed by atoms with van der Waals surface area (Å²) in [6.45, 7) is 5.03. The van der Waals surface area contributed by atoms with Crippen molar-refractivity contribution in [3.05, 3.63) is 42.2 Å². The molecule has 0 unspecified atom stereocenters. The molecule has 2 rings (SSSR count). The molecule has 0 spiro atoms. The Morgan fingerprint density at radius 2 is 1.76 bits per heavy atom. The van der Waals surface area contributed by atoms with Crippen LogP contribution in [0.4, 0.5) is 11.4 Å². The third kappa shape index (κ3) is 3.86. The van der Waals surface area contributed by atoms with Crippen LogP contribution in [0, 0.1) is 11.3 Å². The van der Waals surface area contributed by atoms with Crippen molar-refractivity contribution in [3.8, 4) is 17.6 Å². The van der Waals surface area contributed by atoms with Crippen LogP contribution in [0.1, 0.15) is 19.5 Å². The number of rotatable bonds is 6. The molecule has 5 heteroatoms. The molecule has 1 N–H and O–H groups in total. The standard InChI is InChI=1S/C16H17N3O2/c1-3-20-15-8-7-12(9-16(15)21-4-2)19-14-6-5-13(10-17)18-11-14/h5-9,11,19H,3-4H2,1-2H3. The maximum absolute atomic E-state index is 8.73. The number of aromatic nitrogens is 1. The molecule has 21 heavy (non-hydrogen) atoms. The van der Waals surface area contributed by atoms with E-state index in [1.54, 1.807) is 12.3 Å². The van der Waals surface area contributed by atoms with Crippen molar-refractivity contribution in [2.75, 3.05) is 18.5 Å². The highest BCUT2D eigenvalue weighted by molar-refractivity contribution is 5.63. The molecule has 1 aromatic heterocycles. The second-order valence-corrected chi connectivity index (χ2v) is 4.20. The average molecular weight is 283 g/mol. The van der Waals surface area contributed by atoms with Crippen LogP contribution in [0.25, 0.3) is 0 Å². The predicted molar refractivity (Wildman–Crippen MR) is 81.0 cm³/mol. The molecule has 0 atom stereocenters.